The number of hydrogen-bond acceptors (Lipinski definition) is 3. The molecule has 1 saturated heterocycles. The second-order valence-electron chi connectivity index (χ2n) is 4.87. The Hall–Kier alpha value is -1.33. The van der Waals surface area contributed by atoms with Crippen molar-refractivity contribution in [3.05, 3.63) is 33.7 Å². The summed E-state index contributed by atoms with van der Waals surface area (Å²) < 4.78 is 0. The molecular weight excluding hydrogens is 266 g/mol. The van der Waals surface area contributed by atoms with Crippen LogP contribution >= 0.6 is 12.4 Å². The number of aryl methyl sites for hydroxylation is 1. The molecule has 0 aliphatic carbocycles. The minimum atomic E-state index is -0.307. The van der Waals surface area contributed by atoms with E-state index >= 15 is 0 Å². The Morgan fingerprint density at radius 1 is 1.37 bits per heavy atom. The average molecular weight is 286 g/mol. The summed E-state index contributed by atoms with van der Waals surface area (Å²) in [5, 5.41) is 3.31. The molecule has 5 nitrogen and oxygen atoms in total. The normalized spacial score (nSPS) is 22.8. The van der Waals surface area contributed by atoms with Crippen molar-refractivity contribution in [2.45, 2.75) is 32.9 Å². The number of nitrogens with zero attached hydrogens (tertiary/aromatic N) is 1. The lowest BCUT2D eigenvalue weighted by Gasteiger charge is -2.38. The molecule has 1 aliphatic heterocycles. The van der Waals surface area contributed by atoms with Crippen LogP contribution in [0.3, 0.4) is 0 Å². The van der Waals surface area contributed by atoms with Gasteiger partial charge in [-0.3, -0.25) is 9.59 Å². The van der Waals surface area contributed by atoms with Gasteiger partial charge in [0, 0.05) is 30.9 Å². The monoisotopic (exact) mass is 285 g/mol. The largest absolute Gasteiger partial charge is 0.333 e. The molecule has 1 amide bonds. The Morgan fingerprint density at radius 3 is 2.68 bits per heavy atom. The van der Waals surface area contributed by atoms with Crippen molar-refractivity contribution in [3.8, 4) is 0 Å². The van der Waals surface area contributed by atoms with Crippen molar-refractivity contribution >= 4 is 18.3 Å². The van der Waals surface area contributed by atoms with E-state index in [9.17, 15) is 9.59 Å². The highest BCUT2D eigenvalue weighted by molar-refractivity contribution is 5.94. The zero-order valence-electron chi connectivity index (χ0n) is 11.4. The van der Waals surface area contributed by atoms with Crippen LogP contribution in [-0.4, -0.2) is 41.0 Å². The SMILES string of the molecule is Cc1ccc(C(=O)N2CCNC(C)C2C)c(=O)[nH]1.Cl. The molecule has 0 aromatic carbocycles. The summed E-state index contributed by atoms with van der Waals surface area (Å²) in [5.41, 5.74) is 0.679. The Morgan fingerprint density at radius 2 is 2.05 bits per heavy atom. The summed E-state index contributed by atoms with van der Waals surface area (Å²) in [6, 6.07) is 3.69. The number of nitrogens with one attached hydrogen (secondary N) is 2. The van der Waals surface area contributed by atoms with Crippen LogP contribution in [0.25, 0.3) is 0 Å². The highest BCUT2D eigenvalue weighted by atomic mass is 35.5. The summed E-state index contributed by atoms with van der Waals surface area (Å²) in [4.78, 5) is 28.6. The lowest BCUT2D eigenvalue weighted by molar-refractivity contribution is 0.0601. The van der Waals surface area contributed by atoms with Gasteiger partial charge in [0.25, 0.3) is 11.5 Å². The maximum Gasteiger partial charge on any atom is 0.260 e. The lowest BCUT2D eigenvalue weighted by Crippen LogP contribution is -2.57. The van der Waals surface area contributed by atoms with Gasteiger partial charge < -0.3 is 15.2 Å². The van der Waals surface area contributed by atoms with Crippen LogP contribution in [0.15, 0.2) is 16.9 Å². The first-order chi connectivity index (χ1) is 8.50. The average Bonchev–Trinajstić information content (AvgIpc) is 2.32. The van der Waals surface area contributed by atoms with Gasteiger partial charge >= 0.3 is 0 Å². The number of aromatic amines is 1. The van der Waals surface area contributed by atoms with Crippen LogP contribution in [0.4, 0.5) is 0 Å². The van der Waals surface area contributed by atoms with Crippen LogP contribution in [-0.2, 0) is 0 Å². The minimum Gasteiger partial charge on any atom is -0.333 e. The Kier molecular flexibility index (Phi) is 5.14. The van der Waals surface area contributed by atoms with E-state index in [4.69, 9.17) is 0 Å². The number of rotatable bonds is 1. The third-order valence-electron chi connectivity index (χ3n) is 3.58. The fourth-order valence-electron chi connectivity index (χ4n) is 2.24. The molecule has 106 valence electrons. The van der Waals surface area contributed by atoms with Gasteiger partial charge in [-0.05, 0) is 32.9 Å². The highest BCUT2D eigenvalue weighted by Gasteiger charge is 2.29. The first-order valence-corrected chi connectivity index (χ1v) is 6.25. The molecule has 2 heterocycles. The number of hydrogen-bond donors (Lipinski definition) is 2. The summed E-state index contributed by atoms with van der Waals surface area (Å²) in [6.45, 7) is 7.24. The zero-order chi connectivity index (χ0) is 13.3. The van der Waals surface area contributed by atoms with Gasteiger partial charge in [0.05, 0.1) is 0 Å². The van der Waals surface area contributed by atoms with Crippen molar-refractivity contribution < 1.29 is 4.79 Å². The van der Waals surface area contributed by atoms with Crippen LogP contribution in [0.1, 0.15) is 29.9 Å². The van der Waals surface area contributed by atoms with Crippen LogP contribution in [0, 0.1) is 6.92 Å². The molecule has 2 N–H and O–H groups in total. The summed E-state index contributed by atoms with van der Waals surface area (Å²) in [7, 11) is 0. The topological polar surface area (TPSA) is 65.2 Å². The molecule has 0 saturated carbocycles. The molecular formula is C13H20ClN3O2. The number of carbonyl (C=O) groups is 1. The maximum absolute atomic E-state index is 12.4. The molecule has 2 atom stereocenters. The van der Waals surface area contributed by atoms with Crippen LogP contribution in [0.2, 0.25) is 0 Å². The predicted molar refractivity (Wildman–Crippen MR) is 77.0 cm³/mol. The Bertz CT molecular complexity index is 515. The number of pyridine rings is 1. The first kappa shape index (κ1) is 15.7. The molecule has 1 aromatic rings. The van der Waals surface area contributed by atoms with Gasteiger partial charge in [0.1, 0.15) is 5.56 Å². The summed E-state index contributed by atoms with van der Waals surface area (Å²) in [5.74, 6) is -0.183. The fourth-order valence-corrected chi connectivity index (χ4v) is 2.24. The van der Waals surface area contributed by atoms with Gasteiger partial charge in [-0.2, -0.15) is 0 Å². The number of aromatic nitrogens is 1. The zero-order valence-corrected chi connectivity index (χ0v) is 12.2. The van der Waals surface area contributed by atoms with E-state index < -0.39 is 0 Å². The van der Waals surface area contributed by atoms with Crippen molar-refractivity contribution in [1.82, 2.24) is 15.2 Å². The summed E-state index contributed by atoms with van der Waals surface area (Å²) in [6.07, 6.45) is 0. The van der Waals surface area contributed by atoms with Crippen molar-refractivity contribution in [1.29, 1.82) is 0 Å². The molecule has 6 heteroatoms. The molecule has 0 spiro atoms. The van der Waals surface area contributed by atoms with E-state index in [1.54, 1.807) is 24.0 Å². The number of amides is 1. The van der Waals surface area contributed by atoms with Crippen LogP contribution < -0.4 is 10.9 Å². The molecule has 0 radical (unpaired) electrons. The standard InChI is InChI=1S/C13H19N3O2.ClH/c1-8-4-5-11(12(17)15-8)13(18)16-7-6-14-9(2)10(16)3;/h4-5,9-10,14H,6-7H2,1-3H3,(H,15,17);1H. The van der Waals surface area contributed by atoms with E-state index in [1.165, 1.54) is 0 Å². The third kappa shape index (κ3) is 3.16. The van der Waals surface area contributed by atoms with Gasteiger partial charge in [-0.25, -0.2) is 0 Å². The number of piperazine rings is 1. The molecule has 0 bridgehead atoms. The Balaban J connectivity index is 0.00000180. The van der Waals surface area contributed by atoms with E-state index in [2.05, 4.69) is 10.3 Å². The minimum absolute atomic E-state index is 0. The smallest absolute Gasteiger partial charge is 0.260 e. The number of H-pyrrole nitrogens is 1. The van der Waals surface area contributed by atoms with Gasteiger partial charge in [0.2, 0.25) is 0 Å². The molecule has 1 fully saturated rings. The molecule has 1 aliphatic rings. The van der Waals surface area contributed by atoms with Crippen LogP contribution in [0.5, 0.6) is 0 Å². The molecule has 2 unspecified atom stereocenters. The lowest BCUT2D eigenvalue weighted by atomic mass is 10.1. The van der Waals surface area contributed by atoms with Gasteiger partial charge in [-0.1, -0.05) is 0 Å². The quantitative estimate of drug-likeness (QED) is 0.807. The number of carbonyl (C=O) groups excluding carboxylic acids is 1. The van der Waals surface area contributed by atoms with E-state index in [-0.39, 0.29) is 41.5 Å². The van der Waals surface area contributed by atoms with Gasteiger partial charge in [0.15, 0.2) is 0 Å². The van der Waals surface area contributed by atoms with E-state index in [1.807, 2.05) is 13.8 Å². The van der Waals surface area contributed by atoms with E-state index in [0.717, 1.165) is 12.2 Å². The van der Waals surface area contributed by atoms with Crippen molar-refractivity contribution in [2.24, 2.45) is 0 Å². The Labute approximate surface area is 118 Å². The number of halogens is 1. The maximum atomic E-state index is 12.4. The summed E-state index contributed by atoms with van der Waals surface area (Å²) >= 11 is 0. The van der Waals surface area contributed by atoms with Gasteiger partial charge in [-0.15, -0.1) is 12.4 Å². The van der Waals surface area contributed by atoms with Crippen molar-refractivity contribution in [2.75, 3.05) is 13.1 Å². The fraction of sp³-hybridized carbons (Fsp3) is 0.538. The molecule has 2 rings (SSSR count). The molecule has 1 aromatic heterocycles. The third-order valence-corrected chi connectivity index (χ3v) is 3.58. The van der Waals surface area contributed by atoms with E-state index in [0.29, 0.717) is 6.54 Å². The van der Waals surface area contributed by atoms with Crippen molar-refractivity contribution in [3.63, 3.8) is 0 Å². The second kappa shape index (κ2) is 6.21. The first-order valence-electron chi connectivity index (χ1n) is 6.25. The molecule has 19 heavy (non-hydrogen) atoms. The second-order valence-corrected chi connectivity index (χ2v) is 4.87. The highest BCUT2D eigenvalue weighted by Crippen LogP contribution is 2.12. The predicted octanol–water partition coefficient (Wildman–Crippen LogP) is 0.928.